The van der Waals surface area contributed by atoms with Gasteiger partial charge in [-0.15, -0.1) is 0 Å². The van der Waals surface area contributed by atoms with Crippen LogP contribution in [-0.4, -0.2) is 51.5 Å². The van der Waals surface area contributed by atoms with E-state index in [1.807, 2.05) is 33.8 Å². The minimum atomic E-state index is -0.228. The van der Waals surface area contributed by atoms with E-state index in [1.165, 1.54) is 0 Å². The number of aryl methyl sites for hydroxylation is 2. The third-order valence-electron chi connectivity index (χ3n) is 5.08. The predicted octanol–water partition coefficient (Wildman–Crippen LogP) is 1.88. The van der Waals surface area contributed by atoms with Crippen LogP contribution in [0, 0.1) is 13.8 Å². The molecule has 0 atom stereocenters. The predicted molar refractivity (Wildman–Crippen MR) is 105 cm³/mol. The molecule has 1 saturated heterocycles. The quantitative estimate of drug-likeness (QED) is 0.826. The van der Waals surface area contributed by atoms with Crippen LogP contribution in [0.15, 0.2) is 23.1 Å². The van der Waals surface area contributed by atoms with E-state index in [9.17, 15) is 9.59 Å². The number of anilines is 1. The van der Waals surface area contributed by atoms with Crippen molar-refractivity contribution >= 4 is 11.7 Å². The first-order valence-corrected chi connectivity index (χ1v) is 9.34. The summed E-state index contributed by atoms with van der Waals surface area (Å²) in [5.74, 6) is 0.908. The summed E-state index contributed by atoms with van der Waals surface area (Å²) >= 11 is 0. The van der Waals surface area contributed by atoms with Gasteiger partial charge in [-0.3, -0.25) is 14.6 Å². The van der Waals surface area contributed by atoms with Crippen molar-refractivity contribution < 1.29 is 4.79 Å². The lowest BCUT2D eigenvalue weighted by atomic mass is 10.1. The van der Waals surface area contributed by atoms with E-state index < -0.39 is 0 Å². The molecule has 0 aromatic carbocycles. The number of nitrogens with zero attached hydrogens (tertiary/aromatic N) is 5. The Balaban J connectivity index is 1.75. The van der Waals surface area contributed by atoms with Crippen molar-refractivity contribution in [3.63, 3.8) is 0 Å². The number of rotatable bonds is 3. The largest absolute Gasteiger partial charge is 0.352 e. The fourth-order valence-corrected chi connectivity index (χ4v) is 3.51. The van der Waals surface area contributed by atoms with E-state index in [0.29, 0.717) is 26.2 Å². The highest BCUT2D eigenvalue weighted by Crippen LogP contribution is 2.18. The van der Waals surface area contributed by atoms with Crippen LogP contribution in [0.1, 0.15) is 47.2 Å². The summed E-state index contributed by atoms with van der Waals surface area (Å²) in [5.41, 5.74) is 2.70. The lowest BCUT2D eigenvalue weighted by molar-refractivity contribution is 0.0744. The molecule has 0 saturated carbocycles. The minimum Gasteiger partial charge on any atom is -0.352 e. The van der Waals surface area contributed by atoms with Crippen LogP contribution in [0.5, 0.6) is 0 Å². The smallest absolute Gasteiger partial charge is 0.263 e. The molecule has 7 nitrogen and oxygen atoms in total. The highest BCUT2D eigenvalue weighted by Gasteiger charge is 2.26. The number of hydrogen-bond donors (Lipinski definition) is 0. The van der Waals surface area contributed by atoms with Crippen LogP contribution in [0.2, 0.25) is 0 Å². The summed E-state index contributed by atoms with van der Waals surface area (Å²) in [6, 6.07) is 3.55. The molecule has 0 aliphatic carbocycles. The fraction of sp³-hybridized carbons (Fsp3) is 0.500. The Bertz CT molecular complexity index is 911. The van der Waals surface area contributed by atoms with Crippen molar-refractivity contribution in [3.8, 4) is 0 Å². The van der Waals surface area contributed by atoms with Gasteiger partial charge in [0.1, 0.15) is 11.4 Å². The fourth-order valence-electron chi connectivity index (χ4n) is 3.51. The molecule has 2 aromatic heterocycles. The molecular formula is C20H27N5O2. The van der Waals surface area contributed by atoms with E-state index in [4.69, 9.17) is 0 Å². The van der Waals surface area contributed by atoms with Crippen LogP contribution in [-0.2, 0) is 7.05 Å². The summed E-state index contributed by atoms with van der Waals surface area (Å²) < 4.78 is 1.58. The maximum absolute atomic E-state index is 12.9. The standard InChI is InChI=1S/C20H27N5O2/c1-13(2)17-7-6-16(19(26)23(17)5)20(27)25-10-8-24(9-11-25)18-15(4)21-12-14(3)22-18/h6-7,12-13H,8-11H2,1-5H3. The van der Waals surface area contributed by atoms with Gasteiger partial charge in [0, 0.05) is 45.1 Å². The summed E-state index contributed by atoms with van der Waals surface area (Å²) in [4.78, 5) is 38.4. The minimum absolute atomic E-state index is 0.197. The van der Waals surface area contributed by atoms with E-state index in [0.717, 1.165) is 22.9 Å². The second-order valence-electron chi connectivity index (χ2n) is 7.39. The maximum atomic E-state index is 12.9. The highest BCUT2D eigenvalue weighted by atomic mass is 16.2. The van der Waals surface area contributed by atoms with Gasteiger partial charge in [0.15, 0.2) is 0 Å². The number of pyridine rings is 1. The van der Waals surface area contributed by atoms with Gasteiger partial charge in [-0.05, 0) is 31.9 Å². The van der Waals surface area contributed by atoms with Crippen molar-refractivity contribution in [1.82, 2.24) is 19.4 Å². The normalized spacial score (nSPS) is 14.7. The van der Waals surface area contributed by atoms with Gasteiger partial charge in [-0.25, -0.2) is 4.98 Å². The number of carbonyl (C=O) groups excluding carboxylic acids is 1. The number of hydrogen-bond acceptors (Lipinski definition) is 5. The zero-order valence-electron chi connectivity index (χ0n) is 16.7. The Morgan fingerprint density at radius 2 is 1.78 bits per heavy atom. The topological polar surface area (TPSA) is 71.3 Å². The first-order chi connectivity index (χ1) is 12.8. The molecule has 0 unspecified atom stereocenters. The molecule has 7 heteroatoms. The first kappa shape index (κ1) is 19.1. The van der Waals surface area contributed by atoms with Gasteiger partial charge in [-0.2, -0.15) is 0 Å². The molecule has 1 fully saturated rings. The second kappa shape index (κ2) is 7.50. The maximum Gasteiger partial charge on any atom is 0.263 e. The second-order valence-corrected chi connectivity index (χ2v) is 7.39. The van der Waals surface area contributed by atoms with Gasteiger partial charge in [0.25, 0.3) is 11.5 Å². The Morgan fingerprint density at radius 1 is 1.11 bits per heavy atom. The average molecular weight is 369 g/mol. The molecular weight excluding hydrogens is 342 g/mol. The van der Waals surface area contributed by atoms with Crippen LogP contribution < -0.4 is 10.5 Å². The van der Waals surface area contributed by atoms with Crippen molar-refractivity contribution in [2.45, 2.75) is 33.6 Å². The molecule has 1 amide bonds. The SMILES string of the molecule is Cc1cnc(C)c(N2CCN(C(=O)c3ccc(C(C)C)n(C)c3=O)CC2)n1. The van der Waals surface area contributed by atoms with Gasteiger partial charge in [0.2, 0.25) is 0 Å². The van der Waals surface area contributed by atoms with Crippen LogP contribution >= 0.6 is 0 Å². The number of piperazine rings is 1. The molecule has 27 heavy (non-hydrogen) atoms. The lowest BCUT2D eigenvalue weighted by Gasteiger charge is -2.35. The Kier molecular flexibility index (Phi) is 5.30. The highest BCUT2D eigenvalue weighted by molar-refractivity contribution is 5.94. The van der Waals surface area contributed by atoms with Crippen molar-refractivity contribution in [1.29, 1.82) is 0 Å². The molecule has 0 spiro atoms. The molecule has 0 bridgehead atoms. The Morgan fingerprint density at radius 3 is 2.41 bits per heavy atom. The summed E-state index contributed by atoms with van der Waals surface area (Å²) in [6.07, 6.45) is 1.76. The zero-order valence-corrected chi connectivity index (χ0v) is 16.7. The molecule has 0 radical (unpaired) electrons. The van der Waals surface area contributed by atoms with Gasteiger partial charge < -0.3 is 14.4 Å². The number of amides is 1. The molecule has 2 aromatic rings. The summed E-state index contributed by atoms with van der Waals surface area (Å²) in [5, 5.41) is 0. The van der Waals surface area contributed by atoms with Gasteiger partial charge >= 0.3 is 0 Å². The third-order valence-corrected chi connectivity index (χ3v) is 5.08. The first-order valence-electron chi connectivity index (χ1n) is 9.34. The van der Waals surface area contributed by atoms with E-state index in [2.05, 4.69) is 14.9 Å². The van der Waals surface area contributed by atoms with E-state index in [-0.39, 0.29) is 22.9 Å². The monoisotopic (exact) mass is 369 g/mol. The Hall–Kier alpha value is -2.70. The summed E-state index contributed by atoms with van der Waals surface area (Å²) in [6.45, 7) is 10.4. The molecule has 144 valence electrons. The lowest BCUT2D eigenvalue weighted by Crippen LogP contribution is -2.50. The average Bonchev–Trinajstić information content (AvgIpc) is 2.65. The zero-order chi connectivity index (χ0) is 19.7. The van der Waals surface area contributed by atoms with Crippen molar-refractivity contribution in [2.24, 2.45) is 7.05 Å². The van der Waals surface area contributed by atoms with Crippen LogP contribution in [0.3, 0.4) is 0 Å². The van der Waals surface area contributed by atoms with Crippen LogP contribution in [0.4, 0.5) is 5.82 Å². The molecule has 1 aliphatic rings. The van der Waals surface area contributed by atoms with E-state index in [1.54, 1.807) is 28.8 Å². The number of carbonyl (C=O) groups is 1. The number of aromatic nitrogens is 3. The van der Waals surface area contributed by atoms with Crippen molar-refractivity contribution in [2.75, 3.05) is 31.1 Å². The van der Waals surface area contributed by atoms with Gasteiger partial charge in [-0.1, -0.05) is 13.8 Å². The van der Waals surface area contributed by atoms with E-state index >= 15 is 0 Å². The molecule has 3 rings (SSSR count). The molecule has 3 heterocycles. The van der Waals surface area contributed by atoms with Gasteiger partial charge in [0.05, 0.1) is 11.4 Å². The summed E-state index contributed by atoms with van der Waals surface area (Å²) in [7, 11) is 1.73. The van der Waals surface area contributed by atoms with Crippen LogP contribution in [0.25, 0.3) is 0 Å². The third kappa shape index (κ3) is 3.72. The molecule has 1 aliphatic heterocycles. The molecule has 0 N–H and O–H groups in total. The van der Waals surface area contributed by atoms with Crippen molar-refractivity contribution in [3.05, 3.63) is 51.3 Å². The Labute approximate surface area is 159 Å².